The Morgan fingerprint density at radius 2 is 1.74 bits per heavy atom. The highest BCUT2D eigenvalue weighted by atomic mass is 16.2. The normalized spacial score (nSPS) is 9.93. The van der Waals surface area contributed by atoms with Crippen molar-refractivity contribution in [2.75, 3.05) is 10.6 Å². The van der Waals surface area contributed by atoms with Crippen LogP contribution in [0.2, 0.25) is 0 Å². The number of hydrogen-bond acceptors (Lipinski definition) is 6. The molecule has 0 aliphatic rings. The van der Waals surface area contributed by atoms with Gasteiger partial charge in [0, 0.05) is 16.9 Å². The number of nitrogens with zero attached hydrogens (tertiary/aromatic N) is 3. The number of hydrogen-bond donors (Lipinski definition) is 2. The Bertz CT molecular complexity index is 1040. The van der Waals surface area contributed by atoms with Crippen molar-refractivity contribution in [1.82, 2.24) is 10.2 Å². The number of aromatic nitrogens is 2. The summed E-state index contributed by atoms with van der Waals surface area (Å²) in [6, 6.07) is 18.8. The molecule has 0 radical (unpaired) electrons. The van der Waals surface area contributed by atoms with Gasteiger partial charge in [0.2, 0.25) is 0 Å². The molecule has 0 saturated carbocycles. The zero-order valence-corrected chi connectivity index (χ0v) is 14.4. The van der Waals surface area contributed by atoms with Gasteiger partial charge in [-0.05, 0) is 49.4 Å². The van der Waals surface area contributed by atoms with Crippen molar-refractivity contribution in [1.29, 1.82) is 5.26 Å². The SMILES string of the molecule is CC(=O)c1cccc(NC(=O)c2ccc(Nc3cccc(C#N)c3)nn2)c1. The third-order valence-electron chi connectivity index (χ3n) is 3.69. The maximum atomic E-state index is 12.3. The molecule has 0 bridgehead atoms. The van der Waals surface area contributed by atoms with Crippen LogP contribution in [0.3, 0.4) is 0 Å². The van der Waals surface area contributed by atoms with Crippen molar-refractivity contribution in [3.8, 4) is 6.07 Å². The van der Waals surface area contributed by atoms with E-state index in [4.69, 9.17) is 5.26 Å². The summed E-state index contributed by atoms with van der Waals surface area (Å²) in [7, 11) is 0. The molecule has 27 heavy (non-hydrogen) atoms. The number of ketones is 1. The minimum atomic E-state index is -0.429. The Morgan fingerprint density at radius 3 is 2.44 bits per heavy atom. The maximum absolute atomic E-state index is 12.3. The molecule has 1 heterocycles. The summed E-state index contributed by atoms with van der Waals surface area (Å²) in [6.07, 6.45) is 0. The van der Waals surface area contributed by atoms with Gasteiger partial charge in [-0.2, -0.15) is 5.26 Å². The highest BCUT2D eigenvalue weighted by Gasteiger charge is 2.10. The fourth-order valence-corrected chi connectivity index (χ4v) is 2.35. The van der Waals surface area contributed by atoms with Crippen LogP contribution >= 0.6 is 0 Å². The van der Waals surface area contributed by atoms with Crippen LogP contribution in [0.5, 0.6) is 0 Å². The predicted octanol–water partition coefficient (Wildman–Crippen LogP) is 3.55. The van der Waals surface area contributed by atoms with Gasteiger partial charge in [-0.15, -0.1) is 10.2 Å². The minimum Gasteiger partial charge on any atom is -0.339 e. The Hall–Kier alpha value is -4.05. The van der Waals surface area contributed by atoms with Gasteiger partial charge in [-0.25, -0.2) is 0 Å². The van der Waals surface area contributed by atoms with Crippen molar-refractivity contribution in [3.63, 3.8) is 0 Å². The number of Topliss-reactive ketones (excluding diaryl/α,β-unsaturated/α-hetero) is 1. The van der Waals surface area contributed by atoms with Gasteiger partial charge in [-0.3, -0.25) is 9.59 Å². The molecular formula is C20H15N5O2. The third-order valence-corrected chi connectivity index (χ3v) is 3.69. The lowest BCUT2D eigenvalue weighted by Gasteiger charge is -2.07. The molecule has 7 heteroatoms. The van der Waals surface area contributed by atoms with Crippen LogP contribution in [0.1, 0.15) is 33.3 Å². The largest absolute Gasteiger partial charge is 0.339 e. The van der Waals surface area contributed by atoms with E-state index >= 15 is 0 Å². The Morgan fingerprint density at radius 1 is 0.963 bits per heavy atom. The average molecular weight is 357 g/mol. The fourth-order valence-electron chi connectivity index (χ4n) is 2.35. The smallest absolute Gasteiger partial charge is 0.276 e. The second kappa shape index (κ2) is 7.89. The molecular weight excluding hydrogens is 342 g/mol. The van der Waals surface area contributed by atoms with E-state index in [1.165, 1.54) is 13.0 Å². The second-order valence-electron chi connectivity index (χ2n) is 5.71. The van der Waals surface area contributed by atoms with E-state index < -0.39 is 5.91 Å². The van der Waals surface area contributed by atoms with E-state index in [9.17, 15) is 9.59 Å². The van der Waals surface area contributed by atoms with Crippen molar-refractivity contribution < 1.29 is 9.59 Å². The van der Waals surface area contributed by atoms with E-state index in [2.05, 4.69) is 26.9 Å². The lowest BCUT2D eigenvalue weighted by molar-refractivity contribution is 0.100. The van der Waals surface area contributed by atoms with Crippen molar-refractivity contribution >= 4 is 28.9 Å². The molecule has 0 fully saturated rings. The van der Waals surface area contributed by atoms with Crippen LogP contribution in [-0.4, -0.2) is 21.9 Å². The molecule has 1 aromatic heterocycles. The first kappa shape index (κ1) is 17.8. The molecule has 132 valence electrons. The predicted molar refractivity (Wildman–Crippen MR) is 101 cm³/mol. The number of carbonyl (C=O) groups excluding carboxylic acids is 2. The highest BCUT2D eigenvalue weighted by Crippen LogP contribution is 2.16. The molecule has 1 amide bonds. The monoisotopic (exact) mass is 357 g/mol. The van der Waals surface area contributed by atoms with E-state index in [1.807, 2.05) is 0 Å². The Balaban J connectivity index is 1.69. The molecule has 3 rings (SSSR count). The summed E-state index contributed by atoms with van der Waals surface area (Å²) >= 11 is 0. The third kappa shape index (κ3) is 4.52. The van der Waals surface area contributed by atoms with Gasteiger partial charge in [0.15, 0.2) is 17.3 Å². The molecule has 0 aliphatic heterocycles. The van der Waals surface area contributed by atoms with Crippen molar-refractivity contribution in [2.24, 2.45) is 0 Å². The van der Waals surface area contributed by atoms with Gasteiger partial charge in [0.05, 0.1) is 11.6 Å². The number of benzene rings is 2. The molecule has 2 aromatic carbocycles. The van der Waals surface area contributed by atoms with Crippen molar-refractivity contribution in [3.05, 3.63) is 77.5 Å². The lowest BCUT2D eigenvalue weighted by atomic mass is 10.1. The van der Waals surface area contributed by atoms with Crippen LogP contribution in [0.15, 0.2) is 60.7 Å². The molecule has 0 atom stereocenters. The van der Waals surface area contributed by atoms with Gasteiger partial charge < -0.3 is 10.6 Å². The van der Waals surface area contributed by atoms with Crippen LogP contribution in [0.4, 0.5) is 17.2 Å². The first-order valence-corrected chi connectivity index (χ1v) is 8.08. The molecule has 0 saturated heterocycles. The average Bonchev–Trinajstić information content (AvgIpc) is 2.69. The van der Waals surface area contributed by atoms with Crippen LogP contribution in [-0.2, 0) is 0 Å². The molecule has 0 aliphatic carbocycles. The van der Waals surface area contributed by atoms with Crippen LogP contribution in [0, 0.1) is 11.3 Å². The summed E-state index contributed by atoms with van der Waals surface area (Å²) in [5.41, 5.74) is 2.38. The number of rotatable bonds is 5. The van der Waals surface area contributed by atoms with Gasteiger partial charge in [0.1, 0.15) is 0 Å². The van der Waals surface area contributed by atoms with Gasteiger partial charge >= 0.3 is 0 Å². The second-order valence-corrected chi connectivity index (χ2v) is 5.71. The number of anilines is 3. The summed E-state index contributed by atoms with van der Waals surface area (Å²) in [5, 5.41) is 22.5. The lowest BCUT2D eigenvalue weighted by Crippen LogP contribution is -2.15. The summed E-state index contributed by atoms with van der Waals surface area (Å²) in [5.74, 6) is -0.0665. The number of carbonyl (C=O) groups is 2. The number of nitrogens with one attached hydrogen (secondary N) is 2. The van der Waals surface area contributed by atoms with Crippen molar-refractivity contribution in [2.45, 2.75) is 6.92 Å². The standard InChI is InChI=1S/C20H15N5O2/c1-13(26)15-5-3-7-17(11-15)23-20(27)18-8-9-19(25-24-18)22-16-6-2-4-14(10-16)12-21/h2-11H,1H3,(H,22,25)(H,23,27). The molecule has 0 unspecified atom stereocenters. The quantitative estimate of drug-likeness (QED) is 0.676. The maximum Gasteiger partial charge on any atom is 0.276 e. The van der Waals surface area contributed by atoms with E-state index in [0.29, 0.717) is 28.3 Å². The summed E-state index contributed by atoms with van der Waals surface area (Å²) in [4.78, 5) is 23.7. The molecule has 7 nitrogen and oxygen atoms in total. The Labute approximate surface area is 155 Å². The number of nitriles is 1. The van der Waals surface area contributed by atoms with Gasteiger partial charge in [0.25, 0.3) is 5.91 Å². The topological polar surface area (TPSA) is 108 Å². The zero-order valence-electron chi connectivity index (χ0n) is 14.4. The molecule has 3 aromatic rings. The van der Waals surface area contributed by atoms with Crippen LogP contribution in [0.25, 0.3) is 0 Å². The Kier molecular flexibility index (Phi) is 5.19. The first-order chi connectivity index (χ1) is 13.0. The summed E-state index contributed by atoms with van der Waals surface area (Å²) in [6.45, 7) is 1.46. The highest BCUT2D eigenvalue weighted by molar-refractivity contribution is 6.03. The fraction of sp³-hybridized carbons (Fsp3) is 0.0500. The molecule has 0 spiro atoms. The molecule has 2 N–H and O–H groups in total. The van der Waals surface area contributed by atoms with E-state index in [1.54, 1.807) is 54.6 Å². The van der Waals surface area contributed by atoms with E-state index in [-0.39, 0.29) is 11.5 Å². The summed E-state index contributed by atoms with van der Waals surface area (Å²) < 4.78 is 0. The minimum absolute atomic E-state index is 0.0817. The zero-order chi connectivity index (χ0) is 19.2. The number of amides is 1. The van der Waals surface area contributed by atoms with Crippen LogP contribution < -0.4 is 10.6 Å². The van der Waals surface area contributed by atoms with E-state index in [0.717, 1.165) is 0 Å². The first-order valence-electron chi connectivity index (χ1n) is 8.08. The van der Waals surface area contributed by atoms with Gasteiger partial charge in [-0.1, -0.05) is 18.2 Å².